The molecule has 2 aliphatic rings. The molecule has 4 unspecified atom stereocenters. The van der Waals surface area contributed by atoms with Crippen molar-refractivity contribution in [2.45, 2.75) is 51.0 Å². The lowest BCUT2D eigenvalue weighted by Gasteiger charge is -2.36. The zero-order valence-corrected chi connectivity index (χ0v) is 10.3. The Kier molecular flexibility index (Phi) is 4.58. The summed E-state index contributed by atoms with van der Waals surface area (Å²) in [6.45, 7) is 7.37. The topological polar surface area (TPSA) is 39.7 Å². The summed E-state index contributed by atoms with van der Waals surface area (Å²) < 4.78 is 17.2. The number of hydrogen-bond acceptors (Lipinski definition) is 4. The highest BCUT2D eigenvalue weighted by Crippen LogP contribution is 2.19. The van der Waals surface area contributed by atoms with Gasteiger partial charge in [0.2, 0.25) is 0 Å². The number of hydrogen-bond donors (Lipinski definition) is 1. The molecular formula is C12H23NO3. The number of rotatable bonds is 1. The predicted octanol–water partition coefficient (Wildman–Crippen LogP) is 0.947. The maximum absolute atomic E-state index is 5.86. The number of fused-ring (bicyclic) bond motifs is 1. The summed E-state index contributed by atoms with van der Waals surface area (Å²) in [7, 11) is 0. The average molecular weight is 229 g/mol. The summed E-state index contributed by atoms with van der Waals surface area (Å²) in [5.41, 5.74) is 0. The summed E-state index contributed by atoms with van der Waals surface area (Å²) in [5, 5.41) is 3.56. The molecule has 1 N–H and O–H groups in total. The highest BCUT2D eigenvalue weighted by atomic mass is 16.6. The Labute approximate surface area is 97.6 Å². The van der Waals surface area contributed by atoms with Crippen LogP contribution < -0.4 is 5.32 Å². The Morgan fingerprint density at radius 1 is 1.12 bits per heavy atom. The Morgan fingerprint density at radius 2 is 1.94 bits per heavy atom. The van der Waals surface area contributed by atoms with E-state index in [4.69, 9.17) is 14.2 Å². The molecule has 4 nitrogen and oxygen atoms in total. The molecule has 0 saturated carbocycles. The first-order valence-electron chi connectivity index (χ1n) is 6.39. The van der Waals surface area contributed by atoms with Crippen molar-refractivity contribution in [2.24, 2.45) is 0 Å². The average Bonchev–Trinajstić information content (AvgIpc) is 2.40. The first kappa shape index (κ1) is 12.3. The van der Waals surface area contributed by atoms with Gasteiger partial charge in [-0.2, -0.15) is 0 Å². The monoisotopic (exact) mass is 229 g/mol. The van der Waals surface area contributed by atoms with Gasteiger partial charge in [0.05, 0.1) is 31.5 Å². The molecule has 2 heterocycles. The molecule has 0 amide bonds. The van der Waals surface area contributed by atoms with Gasteiger partial charge in [0.1, 0.15) is 0 Å². The van der Waals surface area contributed by atoms with E-state index in [0.29, 0.717) is 25.4 Å². The highest BCUT2D eigenvalue weighted by molar-refractivity contribution is 4.86. The van der Waals surface area contributed by atoms with E-state index < -0.39 is 0 Å². The molecule has 94 valence electrons. The summed E-state index contributed by atoms with van der Waals surface area (Å²) in [6.07, 6.45) is 2.76. The van der Waals surface area contributed by atoms with Gasteiger partial charge in [-0.1, -0.05) is 6.92 Å². The minimum absolute atomic E-state index is 0.174. The van der Waals surface area contributed by atoms with Crippen molar-refractivity contribution in [1.82, 2.24) is 5.32 Å². The van der Waals surface area contributed by atoms with Crippen LogP contribution in [0.3, 0.4) is 0 Å². The lowest BCUT2D eigenvalue weighted by Crippen LogP contribution is -2.52. The maximum atomic E-state index is 5.86. The minimum atomic E-state index is 0.174. The van der Waals surface area contributed by atoms with Crippen molar-refractivity contribution in [3.63, 3.8) is 0 Å². The van der Waals surface area contributed by atoms with Gasteiger partial charge in [-0.15, -0.1) is 0 Å². The van der Waals surface area contributed by atoms with Crippen molar-refractivity contribution < 1.29 is 14.2 Å². The fourth-order valence-corrected chi connectivity index (χ4v) is 2.44. The molecule has 0 aromatic carbocycles. The molecule has 4 atom stereocenters. The van der Waals surface area contributed by atoms with Crippen LogP contribution in [0.1, 0.15) is 26.7 Å². The first-order valence-corrected chi connectivity index (χ1v) is 6.39. The zero-order chi connectivity index (χ0) is 11.4. The molecule has 2 fully saturated rings. The maximum Gasteiger partial charge on any atom is 0.0988 e. The van der Waals surface area contributed by atoms with E-state index >= 15 is 0 Å². The largest absolute Gasteiger partial charge is 0.376 e. The van der Waals surface area contributed by atoms with Crippen LogP contribution in [0, 0.1) is 0 Å². The number of nitrogens with one attached hydrogen (secondary N) is 1. The minimum Gasteiger partial charge on any atom is -0.376 e. The van der Waals surface area contributed by atoms with Crippen LogP contribution in [0.25, 0.3) is 0 Å². The second-order valence-electron chi connectivity index (χ2n) is 4.62. The summed E-state index contributed by atoms with van der Waals surface area (Å²) in [6, 6.07) is 0.416. The Morgan fingerprint density at radius 3 is 2.75 bits per heavy atom. The van der Waals surface area contributed by atoms with Gasteiger partial charge in [0.25, 0.3) is 0 Å². The van der Waals surface area contributed by atoms with Gasteiger partial charge >= 0.3 is 0 Å². The third-order valence-corrected chi connectivity index (χ3v) is 3.48. The molecule has 2 saturated heterocycles. The van der Waals surface area contributed by atoms with Crippen LogP contribution in [0.2, 0.25) is 0 Å². The van der Waals surface area contributed by atoms with Gasteiger partial charge in [0, 0.05) is 19.2 Å². The van der Waals surface area contributed by atoms with E-state index in [-0.39, 0.29) is 12.2 Å². The molecule has 2 aliphatic heterocycles. The van der Waals surface area contributed by atoms with E-state index in [0.717, 1.165) is 26.0 Å². The number of ether oxygens (including phenoxy) is 3. The lowest BCUT2D eigenvalue weighted by molar-refractivity contribution is -0.116. The van der Waals surface area contributed by atoms with E-state index in [9.17, 15) is 0 Å². The van der Waals surface area contributed by atoms with Crippen molar-refractivity contribution in [1.29, 1.82) is 0 Å². The Balaban J connectivity index is 1.95. The van der Waals surface area contributed by atoms with Crippen molar-refractivity contribution in [2.75, 3.05) is 26.4 Å². The standard InChI is InChI=1S/C12H23NO3/c1-3-10-8-13-11-4-5-14-9(2)12(11)16-7-6-15-10/h9-13H,3-8H2,1-2H3. The third kappa shape index (κ3) is 2.94. The van der Waals surface area contributed by atoms with E-state index in [1.807, 2.05) is 0 Å². The van der Waals surface area contributed by atoms with E-state index in [2.05, 4.69) is 19.2 Å². The summed E-state index contributed by atoms with van der Waals surface area (Å²) >= 11 is 0. The Bertz CT molecular complexity index is 212. The van der Waals surface area contributed by atoms with Gasteiger partial charge in [0.15, 0.2) is 0 Å². The SMILES string of the molecule is CCC1CNC2CCOC(C)C2OCCO1. The molecule has 0 bridgehead atoms. The van der Waals surface area contributed by atoms with Crippen LogP contribution in [-0.4, -0.2) is 50.7 Å². The van der Waals surface area contributed by atoms with Crippen LogP contribution >= 0.6 is 0 Å². The predicted molar refractivity (Wildman–Crippen MR) is 61.6 cm³/mol. The molecular weight excluding hydrogens is 206 g/mol. The molecule has 0 aliphatic carbocycles. The van der Waals surface area contributed by atoms with Gasteiger partial charge in [-0.25, -0.2) is 0 Å². The van der Waals surface area contributed by atoms with Crippen LogP contribution in [0.5, 0.6) is 0 Å². The van der Waals surface area contributed by atoms with Crippen LogP contribution in [0.4, 0.5) is 0 Å². The lowest BCUT2D eigenvalue weighted by atomic mass is 10.00. The van der Waals surface area contributed by atoms with E-state index in [1.54, 1.807) is 0 Å². The molecule has 0 aromatic heterocycles. The fourth-order valence-electron chi connectivity index (χ4n) is 2.44. The molecule has 16 heavy (non-hydrogen) atoms. The van der Waals surface area contributed by atoms with E-state index in [1.165, 1.54) is 0 Å². The molecule has 4 heteroatoms. The van der Waals surface area contributed by atoms with Crippen molar-refractivity contribution in [3.05, 3.63) is 0 Å². The normalized spacial score (nSPS) is 41.6. The van der Waals surface area contributed by atoms with Gasteiger partial charge in [-0.05, 0) is 19.8 Å². The fraction of sp³-hybridized carbons (Fsp3) is 1.00. The third-order valence-electron chi connectivity index (χ3n) is 3.48. The Hall–Kier alpha value is -0.160. The summed E-state index contributed by atoms with van der Waals surface area (Å²) in [5.74, 6) is 0. The highest BCUT2D eigenvalue weighted by Gasteiger charge is 2.33. The zero-order valence-electron chi connectivity index (χ0n) is 10.3. The molecule has 0 aromatic rings. The van der Waals surface area contributed by atoms with Gasteiger partial charge in [-0.3, -0.25) is 0 Å². The first-order chi connectivity index (χ1) is 7.81. The molecule has 0 radical (unpaired) electrons. The van der Waals surface area contributed by atoms with Crippen LogP contribution in [0.15, 0.2) is 0 Å². The van der Waals surface area contributed by atoms with Crippen molar-refractivity contribution >= 4 is 0 Å². The van der Waals surface area contributed by atoms with Crippen LogP contribution in [-0.2, 0) is 14.2 Å². The second-order valence-corrected chi connectivity index (χ2v) is 4.62. The van der Waals surface area contributed by atoms with Crippen molar-refractivity contribution in [3.8, 4) is 0 Å². The summed E-state index contributed by atoms with van der Waals surface area (Å²) in [4.78, 5) is 0. The second kappa shape index (κ2) is 5.96. The molecule has 0 spiro atoms. The quantitative estimate of drug-likeness (QED) is 0.726. The smallest absolute Gasteiger partial charge is 0.0988 e. The van der Waals surface area contributed by atoms with Gasteiger partial charge < -0.3 is 19.5 Å². The molecule has 2 rings (SSSR count).